The van der Waals surface area contributed by atoms with Crippen LogP contribution in [0.2, 0.25) is 0 Å². The summed E-state index contributed by atoms with van der Waals surface area (Å²) in [4.78, 5) is 9.29. The summed E-state index contributed by atoms with van der Waals surface area (Å²) in [5.41, 5.74) is 1.24. The van der Waals surface area contributed by atoms with E-state index in [0.717, 1.165) is 58.3 Å². The van der Waals surface area contributed by atoms with Crippen molar-refractivity contribution in [3.05, 3.63) is 35.9 Å². The standard InChI is InChI=1S/C21H36N4O.HI/c1-4-24(5-2)14-9-13-23-21(22-3)25-15-12-20(16-25)18-26-17-19-10-7-6-8-11-19;/h6-8,10-11,20H,4-5,9,12-18H2,1-3H3,(H,22,23);1H. The lowest BCUT2D eigenvalue weighted by molar-refractivity contribution is 0.0907. The van der Waals surface area contributed by atoms with Crippen LogP contribution in [0.3, 0.4) is 0 Å². The summed E-state index contributed by atoms with van der Waals surface area (Å²) < 4.78 is 5.92. The molecule has 1 unspecified atom stereocenters. The summed E-state index contributed by atoms with van der Waals surface area (Å²) in [7, 11) is 1.88. The molecule has 1 aromatic carbocycles. The highest BCUT2D eigenvalue weighted by molar-refractivity contribution is 14.0. The van der Waals surface area contributed by atoms with E-state index in [1.807, 2.05) is 13.1 Å². The maximum atomic E-state index is 5.92. The minimum atomic E-state index is 0. The third-order valence-electron chi connectivity index (χ3n) is 5.09. The monoisotopic (exact) mass is 488 g/mol. The fraction of sp³-hybridized carbons (Fsp3) is 0.667. The van der Waals surface area contributed by atoms with Crippen molar-refractivity contribution >= 4 is 29.9 Å². The Hall–Kier alpha value is -0.860. The summed E-state index contributed by atoms with van der Waals surface area (Å²) in [6, 6.07) is 10.4. The van der Waals surface area contributed by atoms with Gasteiger partial charge in [-0.1, -0.05) is 44.2 Å². The number of rotatable bonds is 10. The van der Waals surface area contributed by atoms with Crippen molar-refractivity contribution in [3.8, 4) is 0 Å². The van der Waals surface area contributed by atoms with Crippen molar-refractivity contribution in [1.82, 2.24) is 15.1 Å². The molecule has 1 heterocycles. The van der Waals surface area contributed by atoms with E-state index in [1.54, 1.807) is 0 Å². The van der Waals surface area contributed by atoms with Gasteiger partial charge in [-0.25, -0.2) is 0 Å². The number of hydrogen-bond donors (Lipinski definition) is 1. The molecule has 0 saturated carbocycles. The molecular formula is C21H37IN4O. The smallest absolute Gasteiger partial charge is 0.193 e. The van der Waals surface area contributed by atoms with Crippen LogP contribution in [0.1, 0.15) is 32.3 Å². The Kier molecular flexibility index (Phi) is 12.7. The zero-order chi connectivity index (χ0) is 18.6. The number of guanidine groups is 1. The van der Waals surface area contributed by atoms with Gasteiger partial charge >= 0.3 is 0 Å². The number of likely N-dealkylation sites (tertiary alicyclic amines) is 1. The number of ether oxygens (including phenoxy) is 1. The molecule has 1 saturated heterocycles. The van der Waals surface area contributed by atoms with E-state index in [4.69, 9.17) is 4.74 Å². The number of aliphatic imine (C=N–C) groups is 1. The Morgan fingerprint density at radius 3 is 2.67 bits per heavy atom. The molecule has 1 aliphatic rings. The molecule has 0 spiro atoms. The molecule has 0 aromatic heterocycles. The quantitative estimate of drug-likeness (QED) is 0.237. The van der Waals surface area contributed by atoms with E-state index < -0.39 is 0 Å². The van der Waals surface area contributed by atoms with E-state index in [1.165, 1.54) is 12.0 Å². The average molecular weight is 488 g/mol. The van der Waals surface area contributed by atoms with Gasteiger partial charge in [0.15, 0.2) is 5.96 Å². The van der Waals surface area contributed by atoms with Crippen LogP contribution in [0.5, 0.6) is 0 Å². The Bertz CT molecular complexity index is 522. The third-order valence-corrected chi connectivity index (χ3v) is 5.09. The van der Waals surface area contributed by atoms with Gasteiger partial charge in [0.2, 0.25) is 0 Å². The molecule has 1 aromatic rings. The van der Waals surface area contributed by atoms with Crippen LogP contribution in [0.15, 0.2) is 35.3 Å². The van der Waals surface area contributed by atoms with Crippen LogP contribution in [-0.2, 0) is 11.3 Å². The van der Waals surface area contributed by atoms with Gasteiger partial charge < -0.3 is 19.9 Å². The highest BCUT2D eigenvalue weighted by Gasteiger charge is 2.24. The second-order valence-corrected chi connectivity index (χ2v) is 6.96. The largest absolute Gasteiger partial charge is 0.376 e. The van der Waals surface area contributed by atoms with Gasteiger partial charge in [-0.15, -0.1) is 24.0 Å². The second kappa shape index (κ2) is 14.2. The predicted octanol–water partition coefficient (Wildman–Crippen LogP) is 3.45. The lowest BCUT2D eigenvalue weighted by Gasteiger charge is -2.23. The molecule has 27 heavy (non-hydrogen) atoms. The minimum Gasteiger partial charge on any atom is -0.376 e. The Morgan fingerprint density at radius 1 is 1.26 bits per heavy atom. The van der Waals surface area contributed by atoms with Gasteiger partial charge in [-0.3, -0.25) is 4.99 Å². The highest BCUT2D eigenvalue weighted by atomic mass is 127. The molecule has 0 bridgehead atoms. The summed E-state index contributed by atoms with van der Waals surface area (Å²) in [6.45, 7) is 12.5. The predicted molar refractivity (Wildman–Crippen MR) is 125 cm³/mol. The van der Waals surface area contributed by atoms with E-state index in [2.05, 4.69) is 58.2 Å². The van der Waals surface area contributed by atoms with E-state index >= 15 is 0 Å². The zero-order valence-corrected chi connectivity index (χ0v) is 19.5. The molecule has 0 aliphatic carbocycles. The molecule has 1 aliphatic heterocycles. The van der Waals surface area contributed by atoms with Crippen molar-refractivity contribution in [3.63, 3.8) is 0 Å². The van der Waals surface area contributed by atoms with Crippen molar-refractivity contribution in [2.75, 3.05) is 52.9 Å². The Labute approximate surface area is 182 Å². The number of halogens is 1. The highest BCUT2D eigenvalue weighted by Crippen LogP contribution is 2.17. The molecule has 154 valence electrons. The Balaban J connectivity index is 0.00000364. The first-order valence-corrected chi connectivity index (χ1v) is 10.1. The topological polar surface area (TPSA) is 40.1 Å². The van der Waals surface area contributed by atoms with Crippen molar-refractivity contribution < 1.29 is 4.74 Å². The van der Waals surface area contributed by atoms with Crippen LogP contribution < -0.4 is 5.32 Å². The van der Waals surface area contributed by atoms with E-state index in [0.29, 0.717) is 12.5 Å². The van der Waals surface area contributed by atoms with Crippen molar-refractivity contribution in [2.45, 2.75) is 33.3 Å². The van der Waals surface area contributed by atoms with E-state index in [-0.39, 0.29) is 24.0 Å². The van der Waals surface area contributed by atoms with Gasteiger partial charge in [0.25, 0.3) is 0 Å². The first-order valence-electron chi connectivity index (χ1n) is 10.1. The molecule has 2 rings (SSSR count). The summed E-state index contributed by atoms with van der Waals surface area (Å²) >= 11 is 0. The van der Waals surface area contributed by atoms with Gasteiger partial charge in [-0.2, -0.15) is 0 Å². The SMILES string of the molecule is CCN(CC)CCCNC(=NC)N1CCC(COCc2ccccc2)C1.I. The molecular weight excluding hydrogens is 451 g/mol. The van der Waals surface area contributed by atoms with Gasteiger partial charge in [0.1, 0.15) is 0 Å². The van der Waals surface area contributed by atoms with Crippen LogP contribution in [0.25, 0.3) is 0 Å². The number of benzene rings is 1. The van der Waals surface area contributed by atoms with Crippen molar-refractivity contribution in [1.29, 1.82) is 0 Å². The molecule has 6 heteroatoms. The maximum Gasteiger partial charge on any atom is 0.193 e. The second-order valence-electron chi connectivity index (χ2n) is 6.96. The lowest BCUT2D eigenvalue weighted by Crippen LogP contribution is -2.41. The van der Waals surface area contributed by atoms with Crippen LogP contribution >= 0.6 is 24.0 Å². The van der Waals surface area contributed by atoms with Crippen molar-refractivity contribution in [2.24, 2.45) is 10.9 Å². The number of hydrogen-bond acceptors (Lipinski definition) is 3. The summed E-state index contributed by atoms with van der Waals surface area (Å²) in [5, 5.41) is 3.53. The first kappa shape index (κ1) is 24.2. The zero-order valence-electron chi connectivity index (χ0n) is 17.2. The molecule has 1 N–H and O–H groups in total. The Morgan fingerprint density at radius 2 is 2.00 bits per heavy atom. The third kappa shape index (κ3) is 8.79. The maximum absolute atomic E-state index is 5.92. The molecule has 0 radical (unpaired) electrons. The fourth-order valence-electron chi connectivity index (χ4n) is 3.45. The van der Waals surface area contributed by atoms with Crippen LogP contribution in [0, 0.1) is 5.92 Å². The van der Waals surface area contributed by atoms with E-state index in [9.17, 15) is 0 Å². The van der Waals surface area contributed by atoms with Gasteiger partial charge in [0, 0.05) is 32.6 Å². The average Bonchev–Trinajstić information content (AvgIpc) is 3.14. The lowest BCUT2D eigenvalue weighted by atomic mass is 10.1. The van der Waals surface area contributed by atoms with Crippen LogP contribution in [0.4, 0.5) is 0 Å². The molecule has 0 amide bonds. The molecule has 1 atom stereocenters. The van der Waals surface area contributed by atoms with Gasteiger partial charge in [0.05, 0.1) is 13.2 Å². The molecule has 5 nitrogen and oxygen atoms in total. The fourth-order valence-corrected chi connectivity index (χ4v) is 3.45. The minimum absolute atomic E-state index is 0. The van der Waals surface area contributed by atoms with Gasteiger partial charge in [-0.05, 0) is 38.0 Å². The van der Waals surface area contributed by atoms with Crippen LogP contribution in [-0.4, -0.2) is 68.7 Å². The number of nitrogens with zero attached hydrogens (tertiary/aromatic N) is 3. The number of nitrogens with one attached hydrogen (secondary N) is 1. The first-order chi connectivity index (χ1) is 12.8. The molecule has 1 fully saturated rings. The summed E-state index contributed by atoms with van der Waals surface area (Å²) in [6.07, 6.45) is 2.33. The normalized spacial score (nSPS) is 17.3. The summed E-state index contributed by atoms with van der Waals surface area (Å²) in [5.74, 6) is 1.63.